The maximum Gasteiger partial charge on any atom is 0.225 e. The Kier molecular flexibility index (Phi) is 7.81. The average molecular weight is 346 g/mol. The molecule has 0 bridgehead atoms. The van der Waals surface area contributed by atoms with Crippen LogP contribution in [0.25, 0.3) is 0 Å². The molecule has 0 unspecified atom stereocenters. The van der Waals surface area contributed by atoms with E-state index in [4.69, 9.17) is 0 Å². The second-order valence-electron chi connectivity index (χ2n) is 7.76. The van der Waals surface area contributed by atoms with Crippen molar-refractivity contribution in [2.75, 3.05) is 26.2 Å². The van der Waals surface area contributed by atoms with Gasteiger partial charge in [0.1, 0.15) is 0 Å². The van der Waals surface area contributed by atoms with Crippen molar-refractivity contribution in [2.24, 2.45) is 11.3 Å². The van der Waals surface area contributed by atoms with Gasteiger partial charge in [0.05, 0.1) is 0 Å². The number of nitrogens with zero attached hydrogens (tertiary/aromatic N) is 1. The fourth-order valence-electron chi connectivity index (χ4n) is 2.69. The fraction of sp³-hybridized carbons (Fsp3) is 0.882. The first-order valence-electron chi connectivity index (χ1n) is 8.65. The molecule has 23 heavy (non-hydrogen) atoms. The fourth-order valence-corrected chi connectivity index (χ4v) is 2.69. The highest BCUT2D eigenvalue weighted by Crippen LogP contribution is 2.28. The van der Waals surface area contributed by atoms with Crippen LogP contribution in [0.3, 0.4) is 0 Å². The van der Waals surface area contributed by atoms with Crippen LogP contribution in [0.4, 0.5) is 0 Å². The van der Waals surface area contributed by atoms with Gasteiger partial charge < -0.3 is 15.5 Å². The lowest BCUT2D eigenvalue weighted by Crippen LogP contribution is -2.46. The lowest BCUT2D eigenvalue weighted by molar-refractivity contribution is -0.132. The zero-order valence-corrected chi connectivity index (χ0v) is 15.5. The Balaban J connectivity index is 0.00000264. The molecular formula is C17H32ClN3O2. The number of likely N-dealkylation sites (tertiary alicyclic amines) is 1. The van der Waals surface area contributed by atoms with E-state index in [1.54, 1.807) is 0 Å². The Morgan fingerprint density at radius 1 is 1.09 bits per heavy atom. The van der Waals surface area contributed by atoms with Crippen LogP contribution >= 0.6 is 12.4 Å². The first kappa shape index (κ1) is 20.2. The molecule has 0 aromatic carbocycles. The molecule has 134 valence electrons. The lowest BCUT2D eigenvalue weighted by Gasteiger charge is -2.32. The zero-order valence-electron chi connectivity index (χ0n) is 14.7. The Hall–Kier alpha value is -0.810. The molecule has 1 heterocycles. The SMILES string of the molecule is CC(C)(C)C(=O)NCCC(=O)N1CCC(NCC2CC2)CC1.Cl. The normalized spacial score (nSPS) is 19.2. The number of carbonyl (C=O) groups excluding carboxylic acids is 2. The third kappa shape index (κ3) is 7.08. The highest BCUT2D eigenvalue weighted by Gasteiger charge is 2.26. The van der Waals surface area contributed by atoms with Gasteiger partial charge in [-0.1, -0.05) is 20.8 Å². The van der Waals surface area contributed by atoms with Gasteiger partial charge in [0.15, 0.2) is 0 Å². The maximum atomic E-state index is 12.2. The lowest BCUT2D eigenvalue weighted by atomic mass is 9.96. The van der Waals surface area contributed by atoms with Gasteiger partial charge in [-0.25, -0.2) is 0 Å². The molecule has 2 aliphatic rings. The Labute approximate surface area is 146 Å². The van der Waals surface area contributed by atoms with E-state index in [2.05, 4.69) is 10.6 Å². The number of piperidine rings is 1. The van der Waals surface area contributed by atoms with E-state index < -0.39 is 5.41 Å². The van der Waals surface area contributed by atoms with Gasteiger partial charge in [-0.3, -0.25) is 9.59 Å². The molecule has 6 heteroatoms. The van der Waals surface area contributed by atoms with Crippen LogP contribution in [0.5, 0.6) is 0 Å². The summed E-state index contributed by atoms with van der Waals surface area (Å²) in [5.74, 6) is 1.07. The summed E-state index contributed by atoms with van der Waals surface area (Å²) in [4.78, 5) is 25.9. The largest absolute Gasteiger partial charge is 0.355 e. The minimum atomic E-state index is -0.394. The van der Waals surface area contributed by atoms with Crippen LogP contribution < -0.4 is 10.6 Å². The highest BCUT2D eigenvalue weighted by molar-refractivity contribution is 5.85. The molecule has 0 radical (unpaired) electrons. The average Bonchev–Trinajstić information content (AvgIpc) is 3.28. The first-order chi connectivity index (χ1) is 10.4. The molecule has 0 spiro atoms. The molecule has 2 fully saturated rings. The highest BCUT2D eigenvalue weighted by atomic mass is 35.5. The number of hydrogen-bond acceptors (Lipinski definition) is 3. The molecule has 0 aromatic rings. The number of halogens is 1. The van der Waals surface area contributed by atoms with Crippen LogP contribution in [0.2, 0.25) is 0 Å². The summed E-state index contributed by atoms with van der Waals surface area (Å²) in [6.45, 7) is 8.91. The second-order valence-corrected chi connectivity index (χ2v) is 7.76. The van der Waals surface area contributed by atoms with Crippen LogP contribution in [0, 0.1) is 11.3 Å². The van der Waals surface area contributed by atoms with Gasteiger partial charge in [0.2, 0.25) is 11.8 Å². The van der Waals surface area contributed by atoms with Crippen molar-refractivity contribution in [1.29, 1.82) is 0 Å². The molecule has 0 atom stereocenters. The van der Waals surface area contributed by atoms with Crippen molar-refractivity contribution in [3.63, 3.8) is 0 Å². The van der Waals surface area contributed by atoms with E-state index in [0.29, 0.717) is 19.0 Å². The van der Waals surface area contributed by atoms with Crippen molar-refractivity contribution in [3.05, 3.63) is 0 Å². The van der Waals surface area contributed by atoms with Gasteiger partial charge in [0.25, 0.3) is 0 Å². The molecule has 1 saturated carbocycles. The van der Waals surface area contributed by atoms with Crippen molar-refractivity contribution in [3.8, 4) is 0 Å². The summed E-state index contributed by atoms with van der Waals surface area (Å²) in [5.41, 5.74) is -0.394. The zero-order chi connectivity index (χ0) is 16.2. The smallest absolute Gasteiger partial charge is 0.225 e. The summed E-state index contributed by atoms with van der Waals surface area (Å²) in [5, 5.41) is 6.47. The molecule has 0 aromatic heterocycles. The summed E-state index contributed by atoms with van der Waals surface area (Å²) < 4.78 is 0. The van der Waals surface area contributed by atoms with E-state index in [0.717, 1.165) is 38.4 Å². The summed E-state index contributed by atoms with van der Waals surface area (Å²) >= 11 is 0. The predicted octanol–water partition coefficient (Wildman–Crippen LogP) is 1.95. The van der Waals surface area contributed by atoms with Crippen LogP contribution in [-0.2, 0) is 9.59 Å². The topological polar surface area (TPSA) is 61.4 Å². The molecule has 2 amide bonds. The van der Waals surface area contributed by atoms with Crippen LogP contribution in [0.1, 0.15) is 52.9 Å². The van der Waals surface area contributed by atoms with E-state index in [-0.39, 0.29) is 24.2 Å². The third-order valence-electron chi connectivity index (χ3n) is 4.55. The maximum absolute atomic E-state index is 12.2. The number of rotatable bonds is 6. The molecule has 2 N–H and O–H groups in total. The van der Waals surface area contributed by atoms with Gasteiger partial charge in [-0.15, -0.1) is 12.4 Å². The Morgan fingerprint density at radius 2 is 1.70 bits per heavy atom. The monoisotopic (exact) mass is 345 g/mol. The Morgan fingerprint density at radius 3 is 2.22 bits per heavy atom. The molecular weight excluding hydrogens is 314 g/mol. The predicted molar refractivity (Wildman–Crippen MR) is 94.7 cm³/mol. The van der Waals surface area contributed by atoms with Gasteiger partial charge in [-0.2, -0.15) is 0 Å². The molecule has 2 rings (SSSR count). The molecule has 1 saturated heterocycles. The standard InChI is InChI=1S/C17H31N3O2.ClH/c1-17(2,3)16(22)18-9-6-15(21)20-10-7-14(8-11-20)19-12-13-4-5-13;/h13-14,19H,4-12H2,1-3H3,(H,18,22);1H. The van der Waals surface area contributed by atoms with E-state index in [1.807, 2.05) is 25.7 Å². The number of amides is 2. The Bertz CT molecular complexity index is 397. The molecule has 5 nitrogen and oxygen atoms in total. The van der Waals surface area contributed by atoms with Crippen molar-refractivity contribution in [1.82, 2.24) is 15.5 Å². The summed E-state index contributed by atoms with van der Waals surface area (Å²) in [6.07, 6.45) is 5.26. The minimum Gasteiger partial charge on any atom is -0.355 e. The van der Waals surface area contributed by atoms with Crippen molar-refractivity contribution >= 4 is 24.2 Å². The summed E-state index contributed by atoms with van der Waals surface area (Å²) in [6, 6.07) is 0.574. The van der Waals surface area contributed by atoms with E-state index >= 15 is 0 Å². The quantitative estimate of drug-likeness (QED) is 0.773. The van der Waals surface area contributed by atoms with Gasteiger partial charge >= 0.3 is 0 Å². The molecule has 1 aliphatic heterocycles. The number of hydrogen-bond donors (Lipinski definition) is 2. The third-order valence-corrected chi connectivity index (χ3v) is 4.55. The van der Waals surface area contributed by atoms with E-state index in [9.17, 15) is 9.59 Å². The first-order valence-corrected chi connectivity index (χ1v) is 8.65. The van der Waals surface area contributed by atoms with Crippen LogP contribution in [-0.4, -0.2) is 48.9 Å². The van der Waals surface area contributed by atoms with Crippen LogP contribution in [0.15, 0.2) is 0 Å². The van der Waals surface area contributed by atoms with Gasteiger partial charge in [-0.05, 0) is 38.1 Å². The van der Waals surface area contributed by atoms with E-state index in [1.165, 1.54) is 12.8 Å². The molecule has 1 aliphatic carbocycles. The second kappa shape index (κ2) is 8.88. The number of carbonyl (C=O) groups is 2. The van der Waals surface area contributed by atoms with Gasteiger partial charge in [0, 0.05) is 37.5 Å². The summed E-state index contributed by atoms with van der Waals surface area (Å²) in [7, 11) is 0. The van der Waals surface area contributed by atoms with Crippen molar-refractivity contribution in [2.45, 2.75) is 58.9 Å². The minimum absolute atomic E-state index is 0. The van der Waals surface area contributed by atoms with Crippen molar-refractivity contribution < 1.29 is 9.59 Å². The number of nitrogens with one attached hydrogen (secondary N) is 2.